The zero-order valence-corrected chi connectivity index (χ0v) is 12.7. The van der Waals surface area contributed by atoms with E-state index in [0.29, 0.717) is 0 Å². The number of amides is 1. The number of fused-ring (bicyclic) bond motifs is 1. The minimum absolute atomic E-state index is 0.486. The number of nitrogens with one attached hydrogen (secondary N) is 1. The summed E-state index contributed by atoms with van der Waals surface area (Å²) < 4.78 is 0. The number of hydrogen-bond donors (Lipinski definition) is 3. The summed E-state index contributed by atoms with van der Waals surface area (Å²) in [5, 5.41) is 10.5. The van der Waals surface area contributed by atoms with Crippen molar-refractivity contribution in [3.8, 4) is 11.1 Å². The molecule has 0 aliphatic rings. The van der Waals surface area contributed by atoms with E-state index in [1.165, 1.54) is 6.08 Å². The smallest absolute Gasteiger partial charge is 0.241 e. The van der Waals surface area contributed by atoms with Crippen LogP contribution < -0.4 is 5.73 Å². The molecule has 0 aliphatic heterocycles. The molecule has 5 nitrogen and oxygen atoms in total. The number of aliphatic hydroxyl groups is 1. The lowest BCUT2D eigenvalue weighted by Gasteiger charge is -2.06. The number of carbonyl (C=O) groups is 1. The number of primary amides is 1. The maximum absolute atomic E-state index is 10.9. The lowest BCUT2D eigenvalue weighted by molar-refractivity contribution is -0.113. The van der Waals surface area contributed by atoms with Crippen molar-refractivity contribution in [1.29, 1.82) is 0 Å². The van der Waals surface area contributed by atoms with Crippen molar-refractivity contribution >= 4 is 23.0 Å². The van der Waals surface area contributed by atoms with Crippen molar-refractivity contribution < 1.29 is 9.90 Å². The third-order valence-corrected chi connectivity index (χ3v) is 3.72. The van der Waals surface area contributed by atoms with Gasteiger partial charge in [0.1, 0.15) is 5.65 Å². The van der Waals surface area contributed by atoms with E-state index in [-0.39, 0.29) is 0 Å². The Morgan fingerprint density at radius 3 is 2.70 bits per heavy atom. The molecule has 0 saturated heterocycles. The highest BCUT2D eigenvalue weighted by molar-refractivity contribution is 5.95. The topological polar surface area (TPSA) is 92.0 Å². The van der Waals surface area contributed by atoms with E-state index < -0.39 is 12.0 Å². The molecule has 0 fully saturated rings. The van der Waals surface area contributed by atoms with Crippen molar-refractivity contribution in [3.05, 3.63) is 59.9 Å². The summed E-state index contributed by atoms with van der Waals surface area (Å²) in [7, 11) is 0. The number of aliphatic hydroxyl groups excluding tert-OH is 1. The largest absolute Gasteiger partial charge is 0.389 e. The van der Waals surface area contributed by atoms with Crippen molar-refractivity contribution in [2.45, 2.75) is 13.0 Å². The van der Waals surface area contributed by atoms with Crippen molar-refractivity contribution in [1.82, 2.24) is 9.97 Å². The number of H-pyrrole nitrogens is 1. The van der Waals surface area contributed by atoms with Gasteiger partial charge in [0, 0.05) is 35.0 Å². The summed E-state index contributed by atoms with van der Waals surface area (Å²) in [5.41, 5.74) is 9.58. The normalized spacial score (nSPS) is 12.8. The number of hydrogen-bond acceptors (Lipinski definition) is 3. The number of rotatable bonds is 4. The molecule has 23 heavy (non-hydrogen) atoms. The molecule has 0 radical (unpaired) electrons. The molecular weight excluding hydrogens is 290 g/mol. The van der Waals surface area contributed by atoms with Gasteiger partial charge in [-0.15, -0.1) is 0 Å². The van der Waals surface area contributed by atoms with Gasteiger partial charge in [0.25, 0.3) is 0 Å². The predicted octanol–water partition coefficient (Wildman–Crippen LogP) is 2.78. The average molecular weight is 307 g/mol. The first-order valence-electron chi connectivity index (χ1n) is 7.27. The molecule has 0 aliphatic carbocycles. The van der Waals surface area contributed by atoms with Crippen LogP contribution in [0.2, 0.25) is 0 Å². The second-order valence-corrected chi connectivity index (χ2v) is 5.40. The van der Waals surface area contributed by atoms with Crippen LogP contribution in [-0.2, 0) is 4.79 Å². The third kappa shape index (κ3) is 3.14. The van der Waals surface area contributed by atoms with Gasteiger partial charge in [0.05, 0.1) is 6.10 Å². The molecule has 5 heteroatoms. The van der Waals surface area contributed by atoms with Crippen LogP contribution in [0.15, 0.2) is 48.8 Å². The molecule has 1 amide bonds. The predicted molar refractivity (Wildman–Crippen MR) is 90.4 cm³/mol. The van der Waals surface area contributed by atoms with Crippen molar-refractivity contribution in [2.75, 3.05) is 0 Å². The standard InChI is InChI=1S/C18H17N3O2/c1-11(22)12-2-4-13(5-3-12)15-8-16-14(6-7-17(19)23)9-20-18(16)21-10-15/h2-11,22H,1H3,(H2,19,23)(H,20,21)/t11-/m1/s1. The van der Waals surface area contributed by atoms with Crippen LogP contribution in [0.25, 0.3) is 28.2 Å². The van der Waals surface area contributed by atoms with Gasteiger partial charge in [-0.3, -0.25) is 4.79 Å². The SMILES string of the molecule is C[C@@H](O)c1ccc(-c2cnc3[nH]cc(C=CC(N)=O)c3c2)cc1. The molecule has 0 saturated carbocycles. The fourth-order valence-electron chi connectivity index (χ4n) is 2.45. The first kappa shape index (κ1) is 15.0. The van der Waals surface area contributed by atoms with E-state index in [1.807, 2.05) is 30.3 Å². The van der Waals surface area contributed by atoms with E-state index in [1.54, 1.807) is 25.4 Å². The van der Waals surface area contributed by atoms with E-state index in [4.69, 9.17) is 5.73 Å². The van der Waals surface area contributed by atoms with Crippen LogP contribution in [0, 0.1) is 0 Å². The fourth-order valence-corrected chi connectivity index (χ4v) is 2.45. The molecular formula is C18H17N3O2. The lowest BCUT2D eigenvalue weighted by atomic mass is 10.0. The summed E-state index contributed by atoms with van der Waals surface area (Å²) in [6.45, 7) is 1.74. The van der Waals surface area contributed by atoms with E-state index in [9.17, 15) is 9.90 Å². The van der Waals surface area contributed by atoms with Crippen LogP contribution in [0.1, 0.15) is 24.2 Å². The summed E-state index contributed by atoms with van der Waals surface area (Å²) >= 11 is 0. The number of aromatic amines is 1. The Bertz CT molecular complexity index is 877. The highest BCUT2D eigenvalue weighted by atomic mass is 16.3. The second-order valence-electron chi connectivity index (χ2n) is 5.40. The summed E-state index contributed by atoms with van der Waals surface area (Å²) in [6.07, 6.45) is 6.09. The van der Waals surface area contributed by atoms with Gasteiger partial charge < -0.3 is 15.8 Å². The Morgan fingerprint density at radius 1 is 1.30 bits per heavy atom. The lowest BCUT2D eigenvalue weighted by Crippen LogP contribution is -2.04. The Balaban J connectivity index is 2.01. The number of benzene rings is 1. The monoisotopic (exact) mass is 307 g/mol. The summed E-state index contributed by atoms with van der Waals surface area (Å²) in [5.74, 6) is -0.489. The fraction of sp³-hybridized carbons (Fsp3) is 0.111. The number of nitrogens with zero attached hydrogens (tertiary/aromatic N) is 1. The van der Waals surface area contributed by atoms with E-state index in [2.05, 4.69) is 9.97 Å². The Labute approximate surface area is 133 Å². The number of aromatic nitrogens is 2. The Kier molecular flexibility index (Phi) is 3.95. The third-order valence-electron chi connectivity index (χ3n) is 3.72. The van der Waals surface area contributed by atoms with Gasteiger partial charge in [0.2, 0.25) is 5.91 Å². The maximum Gasteiger partial charge on any atom is 0.241 e. The Morgan fingerprint density at radius 2 is 2.04 bits per heavy atom. The quantitative estimate of drug-likeness (QED) is 0.647. The first-order valence-corrected chi connectivity index (χ1v) is 7.27. The van der Waals surface area contributed by atoms with Crippen LogP contribution in [0.5, 0.6) is 0 Å². The first-order chi connectivity index (χ1) is 11.0. The molecule has 1 atom stereocenters. The van der Waals surface area contributed by atoms with Crippen molar-refractivity contribution in [3.63, 3.8) is 0 Å². The Hall–Kier alpha value is -2.92. The molecule has 3 aromatic rings. The average Bonchev–Trinajstić information content (AvgIpc) is 2.95. The molecule has 1 aromatic carbocycles. The number of carbonyl (C=O) groups excluding carboxylic acids is 1. The van der Waals surface area contributed by atoms with E-state index >= 15 is 0 Å². The molecule has 3 rings (SSSR count). The van der Waals surface area contributed by atoms with Crippen molar-refractivity contribution in [2.24, 2.45) is 5.73 Å². The molecule has 0 bridgehead atoms. The van der Waals surface area contributed by atoms with Gasteiger partial charge in [0.15, 0.2) is 0 Å². The van der Waals surface area contributed by atoms with Crippen LogP contribution in [0.3, 0.4) is 0 Å². The molecule has 2 heterocycles. The molecule has 2 aromatic heterocycles. The zero-order chi connectivity index (χ0) is 16.4. The summed E-state index contributed by atoms with van der Waals surface area (Å²) in [4.78, 5) is 18.4. The van der Waals surface area contributed by atoms with Gasteiger partial charge in [-0.1, -0.05) is 24.3 Å². The van der Waals surface area contributed by atoms with E-state index in [0.717, 1.165) is 33.3 Å². The highest BCUT2D eigenvalue weighted by Crippen LogP contribution is 2.26. The maximum atomic E-state index is 10.9. The number of nitrogens with two attached hydrogens (primary N) is 1. The zero-order valence-electron chi connectivity index (χ0n) is 12.7. The van der Waals surface area contributed by atoms with Gasteiger partial charge >= 0.3 is 0 Å². The minimum Gasteiger partial charge on any atom is -0.389 e. The number of pyridine rings is 1. The minimum atomic E-state index is -0.489. The van der Waals surface area contributed by atoms with Gasteiger partial charge in [-0.25, -0.2) is 4.98 Å². The molecule has 0 spiro atoms. The van der Waals surface area contributed by atoms with Crippen LogP contribution >= 0.6 is 0 Å². The highest BCUT2D eigenvalue weighted by Gasteiger charge is 2.07. The molecule has 0 unspecified atom stereocenters. The van der Waals surface area contributed by atoms with Gasteiger partial charge in [-0.05, 0) is 30.2 Å². The summed E-state index contributed by atoms with van der Waals surface area (Å²) in [6, 6.07) is 9.72. The second kappa shape index (κ2) is 6.06. The van der Waals surface area contributed by atoms with Crippen LogP contribution in [-0.4, -0.2) is 21.0 Å². The molecule has 116 valence electrons. The molecule has 4 N–H and O–H groups in total. The van der Waals surface area contributed by atoms with Gasteiger partial charge in [-0.2, -0.15) is 0 Å². The van der Waals surface area contributed by atoms with Crippen LogP contribution in [0.4, 0.5) is 0 Å².